The lowest BCUT2D eigenvalue weighted by Crippen LogP contribution is -2.39. The lowest BCUT2D eigenvalue weighted by Gasteiger charge is -2.37. The first-order valence-electron chi connectivity index (χ1n) is 13.1. The Morgan fingerprint density at radius 2 is 1.44 bits per heavy atom. The van der Waals surface area contributed by atoms with Crippen molar-refractivity contribution in [2.75, 3.05) is 27.1 Å². The lowest BCUT2D eigenvalue weighted by atomic mass is 9.80. The molecule has 0 spiro atoms. The minimum atomic E-state index is -1.09. The van der Waals surface area contributed by atoms with E-state index in [1.54, 1.807) is 14.2 Å². The van der Waals surface area contributed by atoms with Crippen LogP contribution in [-0.2, 0) is 15.1 Å². The number of aliphatic hydroxyl groups is 1. The van der Waals surface area contributed by atoms with Gasteiger partial charge in [0.2, 0.25) is 0 Å². The third-order valence-electron chi connectivity index (χ3n) is 7.35. The summed E-state index contributed by atoms with van der Waals surface area (Å²) in [5.41, 5.74) is 0.360. The fraction of sp³-hybridized carbons (Fsp3) is 0.290. The van der Waals surface area contributed by atoms with Gasteiger partial charge < -0.3 is 24.1 Å². The Hall–Kier alpha value is -3.83. The summed E-state index contributed by atoms with van der Waals surface area (Å²) in [5.74, 6) is 1.41. The van der Waals surface area contributed by atoms with Gasteiger partial charge in [-0.05, 0) is 47.2 Å². The molecule has 1 aliphatic heterocycles. The topological polar surface area (TPSA) is 112 Å². The third-order valence-corrected chi connectivity index (χ3v) is 8.40. The Balaban J connectivity index is 1.57. The van der Waals surface area contributed by atoms with E-state index in [1.165, 1.54) is 28.6 Å². The number of benzene rings is 3. The Kier molecular flexibility index (Phi) is 8.65. The molecule has 0 aliphatic carbocycles. The second kappa shape index (κ2) is 12.4. The predicted octanol–water partition coefficient (Wildman–Crippen LogP) is 3.55. The number of nitrogens with zero attached hydrogens (tertiary/aromatic N) is 1. The van der Waals surface area contributed by atoms with Gasteiger partial charge in [-0.15, -0.1) is 0 Å². The smallest absolute Gasteiger partial charge is 0.330 e. The molecular weight excluding hydrogens is 544 g/mol. The number of aliphatic hydroxyl groups excluding tert-OH is 1. The summed E-state index contributed by atoms with van der Waals surface area (Å²) in [7, 11) is 3.23. The molecule has 2 heterocycles. The Morgan fingerprint density at radius 1 is 0.878 bits per heavy atom. The van der Waals surface area contributed by atoms with E-state index in [9.17, 15) is 14.7 Å². The van der Waals surface area contributed by atoms with Crippen LogP contribution >= 0.6 is 11.8 Å². The molecule has 1 aliphatic rings. The van der Waals surface area contributed by atoms with Crippen LogP contribution in [0.25, 0.3) is 0 Å². The third kappa shape index (κ3) is 5.56. The van der Waals surface area contributed by atoms with E-state index < -0.39 is 40.5 Å². The second-order valence-electron chi connectivity index (χ2n) is 9.59. The minimum Gasteiger partial charge on any atom is -0.497 e. The highest BCUT2D eigenvalue weighted by molar-refractivity contribution is 7.99. The fourth-order valence-electron chi connectivity index (χ4n) is 5.24. The first-order valence-corrected chi connectivity index (χ1v) is 14.4. The molecule has 1 aromatic heterocycles. The normalized spacial score (nSPS) is 20.6. The molecule has 5 rings (SSSR count). The minimum absolute atomic E-state index is 0.000215. The molecule has 4 aromatic rings. The van der Waals surface area contributed by atoms with E-state index in [1.807, 2.05) is 85.1 Å². The van der Waals surface area contributed by atoms with E-state index in [-0.39, 0.29) is 6.61 Å². The van der Waals surface area contributed by atoms with E-state index in [2.05, 4.69) is 4.98 Å². The zero-order valence-corrected chi connectivity index (χ0v) is 23.7. The number of nitrogens with one attached hydrogen (secondary N) is 1. The molecule has 0 unspecified atom stereocenters. The van der Waals surface area contributed by atoms with Crippen LogP contribution in [-0.4, -0.2) is 59.2 Å². The van der Waals surface area contributed by atoms with Gasteiger partial charge in [-0.1, -0.05) is 54.6 Å². The summed E-state index contributed by atoms with van der Waals surface area (Å²) in [4.78, 5) is 26.5. The number of H-pyrrole nitrogens is 1. The summed E-state index contributed by atoms with van der Waals surface area (Å²) >= 11 is 1.38. The summed E-state index contributed by atoms with van der Waals surface area (Å²) in [5, 5.41) is 10.9. The Labute approximate surface area is 241 Å². The zero-order chi connectivity index (χ0) is 29.0. The number of hydrogen-bond donors (Lipinski definition) is 2. The van der Waals surface area contributed by atoms with Gasteiger partial charge in [-0.25, -0.2) is 4.79 Å². The largest absolute Gasteiger partial charge is 0.497 e. The maximum absolute atomic E-state index is 12.6. The number of rotatable bonds is 10. The highest BCUT2D eigenvalue weighted by Gasteiger charge is 2.47. The van der Waals surface area contributed by atoms with Crippen molar-refractivity contribution in [2.24, 2.45) is 0 Å². The van der Waals surface area contributed by atoms with Crippen LogP contribution in [0.5, 0.6) is 11.5 Å². The van der Waals surface area contributed by atoms with E-state index in [0.717, 1.165) is 16.7 Å². The van der Waals surface area contributed by atoms with Crippen molar-refractivity contribution in [3.63, 3.8) is 0 Å². The van der Waals surface area contributed by atoms with Crippen molar-refractivity contribution in [3.05, 3.63) is 129 Å². The summed E-state index contributed by atoms with van der Waals surface area (Å²) < 4.78 is 25.3. The van der Waals surface area contributed by atoms with Crippen LogP contribution in [0.15, 0.2) is 101 Å². The van der Waals surface area contributed by atoms with Gasteiger partial charge in [0.1, 0.15) is 23.2 Å². The lowest BCUT2D eigenvalue weighted by molar-refractivity contribution is -0.0943. The molecular formula is C31H32N2O7S. The number of methoxy groups -OCH3 is 2. The highest BCUT2D eigenvalue weighted by Crippen LogP contribution is 2.43. The van der Waals surface area contributed by atoms with Crippen molar-refractivity contribution < 1.29 is 24.1 Å². The summed E-state index contributed by atoms with van der Waals surface area (Å²) in [6, 6.07) is 26.4. The maximum Gasteiger partial charge on any atom is 0.330 e. The molecule has 214 valence electrons. The summed E-state index contributed by atoms with van der Waals surface area (Å²) in [6.07, 6.45) is 0.706. The van der Waals surface area contributed by atoms with Crippen LogP contribution in [0.2, 0.25) is 0 Å². The first-order chi connectivity index (χ1) is 19.9. The molecule has 1 saturated heterocycles. The van der Waals surface area contributed by atoms with Gasteiger partial charge in [0.05, 0.1) is 32.2 Å². The van der Waals surface area contributed by atoms with Gasteiger partial charge >= 0.3 is 5.69 Å². The highest BCUT2D eigenvalue weighted by atomic mass is 32.2. The SMILES string of the molecule is COc1ccc(C(OC[C@H]2O[C@@H](n3ccc(=O)[nH]c3=O)[C@H](SC)[C@@H]2O)(c2ccccc2)c2ccc(OC)cc2)cc1. The molecule has 0 bridgehead atoms. The standard InChI is InChI=1S/C31H32N2O7S/c1-37-23-13-9-21(10-14-23)31(20-7-5-4-6-8-20,22-11-15-24(38-2)16-12-22)39-19-25-27(35)28(41-3)29(40-25)33-18-17-26(34)32-30(33)36/h4-18,25,27-29,35H,19H2,1-3H3,(H,32,34,36)/t25-,27-,28-,29-/m1/s1. The monoisotopic (exact) mass is 576 g/mol. The number of ether oxygens (including phenoxy) is 4. The Morgan fingerprint density at radius 3 is 1.95 bits per heavy atom. The second-order valence-corrected chi connectivity index (χ2v) is 10.6. The van der Waals surface area contributed by atoms with E-state index in [4.69, 9.17) is 18.9 Å². The average Bonchev–Trinajstić information content (AvgIpc) is 3.33. The molecule has 2 N–H and O–H groups in total. The van der Waals surface area contributed by atoms with Gasteiger partial charge in [0.25, 0.3) is 5.56 Å². The quantitative estimate of drug-likeness (QED) is 0.276. The van der Waals surface area contributed by atoms with Crippen LogP contribution in [0.3, 0.4) is 0 Å². The number of hydrogen-bond acceptors (Lipinski definition) is 8. The number of thioether (sulfide) groups is 1. The molecule has 9 nitrogen and oxygen atoms in total. The predicted molar refractivity (Wildman–Crippen MR) is 157 cm³/mol. The molecule has 10 heteroatoms. The van der Waals surface area contributed by atoms with Gasteiger partial charge in [0.15, 0.2) is 6.23 Å². The number of aromatic amines is 1. The average molecular weight is 577 g/mol. The molecule has 3 aromatic carbocycles. The molecule has 0 amide bonds. The van der Waals surface area contributed by atoms with Gasteiger partial charge in [-0.2, -0.15) is 11.8 Å². The molecule has 0 radical (unpaired) electrons. The fourth-order valence-corrected chi connectivity index (χ4v) is 6.13. The van der Waals surface area contributed by atoms with Crippen molar-refractivity contribution in [1.29, 1.82) is 0 Å². The molecule has 41 heavy (non-hydrogen) atoms. The van der Waals surface area contributed by atoms with E-state index >= 15 is 0 Å². The Bertz CT molecular complexity index is 1510. The van der Waals surface area contributed by atoms with Crippen molar-refractivity contribution >= 4 is 11.8 Å². The van der Waals surface area contributed by atoms with Crippen molar-refractivity contribution in [3.8, 4) is 11.5 Å². The zero-order valence-electron chi connectivity index (χ0n) is 22.9. The van der Waals surface area contributed by atoms with Gasteiger partial charge in [0, 0.05) is 12.3 Å². The van der Waals surface area contributed by atoms with E-state index in [0.29, 0.717) is 11.5 Å². The molecule has 0 saturated carbocycles. The molecule has 4 atom stereocenters. The van der Waals surface area contributed by atoms with Crippen LogP contribution in [0.1, 0.15) is 22.9 Å². The van der Waals surface area contributed by atoms with Crippen LogP contribution < -0.4 is 20.7 Å². The van der Waals surface area contributed by atoms with Crippen LogP contribution in [0.4, 0.5) is 0 Å². The first kappa shape index (κ1) is 28.7. The van der Waals surface area contributed by atoms with Crippen LogP contribution in [0, 0.1) is 0 Å². The van der Waals surface area contributed by atoms with Crippen molar-refractivity contribution in [2.45, 2.75) is 29.3 Å². The maximum atomic E-state index is 12.6. The van der Waals surface area contributed by atoms with Crippen molar-refractivity contribution in [1.82, 2.24) is 9.55 Å². The number of aromatic nitrogens is 2. The van der Waals surface area contributed by atoms with Gasteiger partial charge in [-0.3, -0.25) is 14.3 Å². The summed E-state index contributed by atoms with van der Waals surface area (Å²) in [6.45, 7) is -0.000215. The molecule has 1 fully saturated rings.